The van der Waals surface area contributed by atoms with Gasteiger partial charge in [0.05, 0.1) is 19.9 Å². The van der Waals surface area contributed by atoms with Crippen molar-refractivity contribution in [3.63, 3.8) is 0 Å². The number of aromatic nitrogens is 3. The van der Waals surface area contributed by atoms with Gasteiger partial charge in [0, 0.05) is 61.3 Å². The number of methoxy groups -OCH3 is 2. The van der Waals surface area contributed by atoms with Crippen LogP contribution < -0.4 is 9.47 Å². The minimum atomic E-state index is -0.0259. The van der Waals surface area contributed by atoms with Crippen molar-refractivity contribution in [1.82, 2.24) is 19.4 Å². The van der Waals surface area contributed by atoms with Gasteiger partial charge < -0.3 is 18.9 Å². The number of ether oxygens (including phenoxy) is 2. The molecule has 0 aliphatic carbocycles. The third-order valence-corrected chi connectivity index (χ3v) is 6.36. The number of fused-ring (bicyclic) bond motifs is 2. The summed E-state index contributed by atoms with van der Waals surface area (Å²) in [6, 6.07) is 11.9. The minimum Gasteiger partial charge on any atom is -0.493 e. The van der Waals surface area contributed by atoms with Gasteiger partial charge >= 0.3 is 0 Å². The smallest absolute Gasteiger partial charge is 0.246 e. The summed E-state index contributed by atoms with van der Waals surface area (Å²) in [5.41, 5.74) is 6.13. The molecule has 1 aliphatic rings. The van der Waals surface area contributed by atoms with Gasteiger partial charge in [-0.05, 0) is 60.0 Å². The van der Waals surface area contributed by atoms with Crippen LogP contribution in [-0.4, -0.2) is 46.1 Å². The Kier molecular flexibility index (Phi) is 8.61. The highest BCUT2D eigenvalue weighted by molar-refractivity contribution is 6.00. The van der Waals surface area contributed by atoms with E-state index in [9.17, 15) is 4.79 Å². The van der Waals surface area contributed by atoms with Gasteiger partial charge in [0.25, 0.3) is 0 Å². The van der Waals surface area contributed by atoms with Gasteiger partial charge in [-0.15, -0.1) is 24.8 Å². The molecule has 0 bridgehead atoms. The standard InChI is InChI=1S/C27H26N4O3.2ClH/c1-30-26(18-8-12-28-13-9-18)21(22-5-4-11-29-27(22)30)6-7-25(32)31-14-10-19-15-23(33-2)24(34-3)16-20(19)17-31;;/h4-9,11-13,15-16H,10,14,17H2,1-3H3;2*1H/b7-6+;;. The van der Waals surface area contributed by atoms with Crippen LogP contribution in [0.3, 0.4) is 0 Å². The summed E-state index contributed by atoms with van der Waals surface area (Å²) >= 11 is 0. The molecule has 4 aromatic rings. The number of aryl methyl sites for hydroxylation is 1. The van der Waals surface area contributed by atoms with Gasteiger partial charge in [0.15, 0.2) is 11.5 Å². The number of amides is 1. The highest BCUT2D eigenvalue weighted by Crippen LogP contribution is 2.34. The molecule has 9 heteroatoms. The summed E-state index contributed by atoms with van der Waals surface area (Å²) in [4.78, 5) is 23.8. The maximum absolute atomic E-state index is 13.2. The molecule has 36 heavy (non-hydrogen) atoms. The molecule has 1 amide bonds. The third-order valence-electron chi connectivity index (χ3n) is 6.36. The molecule has 1 aliphatic heterocycles. The molecule has 0 fully saturated rings. The number of hydrogen-bond acceptors (Lipinski definition) is 5. The van der Waals surface area contributed by atoms with Crippen LogP contribution in [0.1, 0.15) is 16.7 Å². The molecule has 188 valence electrons. The molecule has 1 aromatic carbocycles. The monoisotopic (exact) mass is 526 g/mol. The molecule has 0 N–H and O–H groups in total. The minimum absolute atomic E-state index is 0. The molecule has 0 saturated heterocycles. The van der Waals surface area contributed by atoms with Crippen molar-refractivity contribution in [1.29, 1.82) is 0 Å². The zero-order chi connectivity index (χ0) is 23.7. The zero-order valence-electron chi connectivity index (χ0n) is 20.3. The molecule has 0 saturated carbocycles. The fourth-order valence-corrected chi connectivity index (χ4v) is 4.65. The molecule has 5 rings (SSSR count). The molecule has 4 heterocycles. The first-order chi connectivity index (χ1) is 16.6. The molecule has 0 spiro atoms. The van der Waals surface area contributed by atoms with Crippen molar-refractivity contribution in [3.05, 3.63) is 77.8 Å². The summed E-state index contributed by atoms with van der Waals surface area (Å²) in [5.74, 6) is 1.37. The molecular formula is C27H28Cl2N4O3. The van der Waals surface area contributed by atoms with Crippen LogP contribution in [0.5, 0.6) is 11.5 Å². The van der Waals surface area contributed by atoms with Crippen molar-refractivity contribution in [2.75, 3.05) is 20.8 Å². The second kappa shape index (κ2) is 11.5. The number of carbonyl (C=O) groups excluding carboxylic acids is 1. The number of rotatable bonds is 5. The van der Waals surface area contributed by atoms with Crippen molar-refractivity contribution in [3.8, 4) is 22.8 Å². The lowest BCUT2D eigenvalue weighted by molar-refractivity contribution is -0.126. The summed E-state index contributed by atoms with van der Waals surface area (Å²) in [7, 11) is 5.25. The van der Waals surface area contributed by atoms with Crippen LogP contribution in [0.2, 0.25) is 0 Å². The maximum Gasteiger partial charge on any atom is 0.246 e. The summed E-state index contributed by atoms with van der Waals surface area (Å²) in [5, 5.41) is 1.00. The van der Waals surface area contributed by atoms with Gasteiger partial charge in [-0.2, -0.15) is 0 Å². The van der Waals surface area contributed by atoms with Gasteiger partial charge in [0.2, 0.25) is 5.91 Å². The van der Waals surface area contributed by atoms with Crippen molar-refractivity contribution >= 4 is 47.8 Å². The second-order valence-corrected chi connectivity index (χ2v) is 8.25. The Morgan fingerprint density at radius 1 is 1.00 bits per heavy atom. The zero-order valence-corrected chi connectivity index (χ0v) is 21.9. The largest absolute Gasteiger partial charge is 0.493 e. The van der Waals surface area contributed by atoms with Gasteiger partial charge in [-0.25, -0.2) is 4.98 Å². The normalized spacial score (nSPS) is 12.6. The van der Waals surface area contributed by atoms with Crippen molar-refractivity contribution in [2.24, 2.45) is 7.05 Å². The van der Waals surface area contributed by atoms with Crippen LogP contribution in [0.15, 0.2) is 61.1 Å². The molecule has 7 nitrogen and oxygen atoms in total. The van der Waals surface area contributed by atoms with Crippen LogP contribution in [-0.2, 0) is 24.8 Å². The summed E-state index contributed by atoms with van der Waals surface area (Å²) in [6.07, 6.45) is 9.67. The Morgan fingerprint density at radius 3 is 2.39 bits per heavy atom. The third kappa shape index (κ3) is 4.90. The van der Waals surface area contributed by atoms with E-state index in [0.717, 1.165) is 39.8 Å². The van der Waals surface area contributed by atoms with E-state index >= 15 is 0 Å². The van der Waals surface area contributed by atoms with Gasteiger partial charge in [-0.1, -0.05) is 0 Å². The van der Waals surface area contributed by atoms with E-state index in [1.54, 1.807) is 38.9 Å². The average molecular weight is 527 g/mol. The number of benzene rings is 1. The van der Waals surface area contributed by atoms with E-state index in [4.69, 9.17) is 9.47 Å². The lowest BCUT2D eigenvalue weighted by Gasteiger charge is -2.28. The van der Waals surface area contributed by atoms with E-state index in [1.165, 1.54) is 5.56 Å². The van der Waals surface area contributed by atoms with Crippen LogP contribution >= 0.6 is 24.8 Å². The van der Waals surface area contributed by atoms with E-state index in [2.05, 4.69) is 14.5 Å². The summed E-state index contributed by atoms with van der Waals surface area (Å²) < 4.78 is 12.9. The first-order valence-electron chi connectivity index (χ1n) is 11.1. The number of pyridine rings is 2. The lowest BCUT2D eigenvalue weighted by Crippen LogP contribution is -2.34. The quantitative estimate of drug-likeness (QED) is 0.338. The Balaban J connectivity index is 0.00000180. The van der Waals surface area contributed by atoms with Gasteiger partial charge in [-0.3, -0.25) is 9.78 Å². The molecular weight excluding hydrogens is 499 g/mol. The first kappa shape index (κ1) is 27.0. The number of nitrogens with zero attached hydrogens (tertiary/aromatic N) is 4. The summed E-state index contributed by atoms with van der Waals surface area (Å²) in [6.45, 7) is 1.19. The Morgan fingerprint density at radius 2 is 1.69 bits per heavy atom. The predicted octanol–water partition coefficient (Wildman–Crippen LogP) is 5.09. The first-order valence-corrected chi connectivity index (χ1v) is 11.1. The maximum atomic E-state index is 13.2. The Bertz CT molecular complexity index is 1400. The average Bonchev–Trinajstić information content (AvgIpc) is 3.18. The Hall–Kier alpha value is -3.55. The van der Waals surface area contributed by atoms with E-state index in [1.807, 2.05) is 54.4 Å². The highest BCUT2D eigenvalue weighted by atomic mass is 35.5. The molecule has 0 unspecified atom stereocenters. The van der Waals surface area contributed by atoms with Crippen molar-refractivity contribution in [2.45, 2.75) is 13.0 Å². The number of carbonyl (C=O) groups is 1. The van der Waals surface area contributed by atoms with Crippen molar-refractivity contribution < 1.29 is 14.3 Å². The molecule has 3 aromatic heterocycles. The van der Waals surface area contributed by atoms with Crippen LogP contribution in [0.4, 0.5) is 0 Å². The van der Waals surface area contributed by atoms with E-state index in [0.29, 0.717) is 24.6 Å². The van der Waals surface area contributed by atoms with Gasteiger partial charge in [0.1, 0.15) is 5.65 Å². The Labute approximate surface area is 222 Å². The number of halogens is 2. The molecule has 0 radical (unpaired) electrons. The fourth-order valence-electron chi connectivity index (χ4n) is 4.65. The topological polar surface area (TPSA) is 69.5 Å². The van der Waals surface area contributed by atoms with Crippen LogP contribution in [0.25, 0.3) is 28.4 Å². The second-order valence-electron chi connectivity index (χ2n) is 8.25. The highest BCUT2D eigenvalue weighted by Gasteiger charge is 2.22. The van der Waals surface area contributed by atoms with E-state index in [-0.39, 0.29) is 30.7 Å². The SMILES string of the molecule is COc1cc2c(cc1OC)CN(C(=O)/C=C/c1c(-c3ccncc3)n(C)c3ncccc13)CC2.Cl.Cl. The number of hydrogen-bond donors (Lipinski definition) is 0. The predicted molar refractivity (Wildman–Crippen MR) is 146 cm³/mol. The molecule has 0 atom stereocenters. The fraction of sp³-hybridized carbons (Fsp3) is 0.222. The van der Waals surface area contributed by atoms with Crippen LogP contribution in [0, 0.1) is 0 Å². The lowest BCUT2D eigenvalue weighted by atomic mass is 9.98. The van der Waals surface area contributed by atoms with E-state index < -0.39 is 0 Å².